The second kappa shape index (κ2) is 12.0. The zero-order chi connectivity index (χ0) is 30.2. The molecular formula is C31H42N8O4. The highest BCUT2D eigenvalue weighted by Gasteiger charge is 2.41. The number of nitrogens with one attached hydrogen (secondary N) is 1. The normalized spacial score (nSPS) is 20.8. The molecule has 0 spiro atoms. The lowest BCUT2D eigenvalue weighted by molar-refractivity contribution is -0.130. The summed E-state index contributed by atoms with van der Waals surface area (Å²) in [5, 5.41) is 3.37. The molecule has 12 heteroatoms. The number of ether oxygens (including phenoxy) is 1. The van der Waals surface area contributed by atoms with E-state index in [1.165, 1.54) is 0 Å². The van der Waals surface area contributed by atoms with Crippen LogP contribution in [0, 0.1) is 0 Å². The van der Waals surface area contributed by atoms with Gasteiger partial charge in [0.05, 0.1) is 25.5 Å². The number of hydrogen-bond acceptors (Lipinski definition) is 9. The summed E-state index contributed by atoms with van der Waals surface area (Å²) in [6.45, 7) is 7.23. The fourth-order valence-electron chi connectivity index (χ4n) is 7.00. The van der Waals surface area contributed by atoms with Crippen molar-refractivity contribution in [1.29, 1.82) is 0 Å². The van der Waals surface area contributed by atoms with Gasteiger partial charge in [0.25, 0.3) is 0 Å². The van der Waals surface area contributed by atoms with Crippen LogP contribution in [0.1, 0.15) is 51.5 Å². The van der Waals surface area contributed by atoms with Crippen molar-refractivity contribution < 1.29 is 19.1 Å². The van der Waals surface area contributed by atoms with Gasteiger partial charge >= 0.3 is 0 Å². The molecule has 0 unspecified atom stereocenters. The predicted molar refractivity (Wildman–Crippen MR) is 165 cm³/mol. The lowest BCUT2D eigenvalue weighted by atomic mass is 10.0. The van der Waals surface area contributed by atoms with Crippen molar-refractivity contribution in [3.8, 4) is 5.75 Å². The van der Waals surface area contributed by atoms with Gasteiger partial charge in [-0.2, -0.15) is 4.98 Å². The number of rotatable bonds is 7. The maximum absolute atomic E-state index is 13.4. The molecule has 1 aromatic heterocycles. The number of methoxy groups -OCH3 is 1. The maximum Gasteiger partial charge on any atom is 0.249 e. The third-order valence-corrected chi connectivity index (χ3v) is 9.43. The number of carbonyl (C=O) groups excluding carboxylic acids is 3. The van der Waals surface area contributed by atoms with Gasteiger partial charge < -0.3 is 29.7 Å². The molecule has 4 aliphatic rings. The summed E-state index contributed by atoms with van der Waals surface area (Å²) < 4.78 is 5.74. The number of fused-ring (bicyclic) bond motifs is 2. The van der Waals surface area contributed by atoms with Gasteiger partial charge in [-0.25, -0.2) is 4.98 Å². The SMILES string of the molecule is CC[C@@H]1C(=O)N(C)c2cnc(Nc3cc4c(cc3OC)CCN4C(=O)CN3CCN(C(C)=O)CC3)nc2N1C1CCCC1. The van der Waals surface area contributed by atoms with Gasteiger partial charge in [0.15, 0.2) is 5.82 Å². The lowest BCUT2D eigenvalue weighted by Gasteiger charge is -2.43. The van der Waals surface area contributed by atoms with Crippen LogP contribution in [0.4, 0.5) is 28.8 Å². The standard InChI is InChI=1S/C31H42N8O4/c1-5-24-30(42)35(3)26-18-32-31(34-29(26)39(24)22-8-6-7-9-22)33-23-17-25-21(16-27(23)43-4)10-11-38(25)28(41)19-36-12-14-37(15-13-36)20(2)40/h16-18,22,24H,5-15,19H2,1-4H3,(H,32,33,34)/t24-/m1/s1. The molecule has 2 aromatic rings. The number of likely N-dealkylation sites (N-methyl/N-ethyl adjacent to an activating group) is 1. The highest BCUT2D eigenvalue weighted by Crippen LogP contribution is 2.42. The highest BCUT2D eigenvalue weighted by molar-refractivity contribution is 6.04. The Morgan fingerprint density at radius 1 is 1.07 bits per heavy atom. The molecule has 0 bridgehead atoms. The summed E-state index contributed by atoms with van der Waals surface area (Å²) in [7, 11) is 3.43. The largest absolute Gasteiger partial charge is 0.495 e. The fourth-order valence-corrected chi connectivity index (χ4v) is 7.00. The van der Waals surface area contributed by atoms with Crippen molar-refractivity contribution in [2.45, 2.75) is 64.5 Å². The Balaban J connectivity index is 1.25. The first-order valence-electron chi connectivity index (χ1n) is 15.5. The maximum atomic E-state index is 13.4. The molecule has 1 saturated heterocycles. The monoisotopic (exact) mass is 590 g/mol. The topological polar surface area (TPSA) is 114 Å². The quantitative estimate of drug-likeness (QED) is 0.520. The van der Waals surface area contributed by atoms with Crippen LogP contribution < -0.4 is 24.8 Å². The van der Waals surface area contributed by atoms with Crippen molar-refractivity contribution in [1.82, 2.24) is 19.8 Å². The minimum absolute atomic E-state index is 0.0432. The molecule has 1 aliphatic carbocycles. The first kappa shape index (κ1) is 29.2. The number of hydrogen-bond donors (Lipinski definition) is 1. The third kappa shape index (κ3) is 5.48. The number of carbonyl (C=O) groups is 3. The molecule has 1 aromatic carbocycles. The van der Waals surface area contributed by atoms with Crippen LogP contribution in [-0.4, -0.2) is 103 Å². The van der Waals surface area contributed by atoms with Crippen LogP contribution in [0.3, 0.4) is 0 Å². The van der Waals surface area contributed by atoms with Gasteiger partial charge in [0, 0.05) is 58.4 Å². The van der Waals surface area contributed by atoms with E-state index >= 15 is 0 Å². The molecule has 3 aliphatic heterocycles. The van der Waals surface area contributed by atoms with Crippen molar-refractivity contribution in [2.24, 2.45) is 0 Å². The van der Waals surface area contributed by atoms with Gasteiger partial charge in [-0.15, -0.1) is 0 Å². The Labute approximate surface area is 253 Å². The number of piperazine rings is 1. The summed E-state index contributed by atoms with van der Waals surface area (Å²) in [6.07, 6.45) is 7.59. The molecule has 230 valence electrons. The number of amides is 3. The number of nitrogens with zero attached hydrogens (tertiary/aromatic N) is 7. The van der Waals surface area contributed by atoms with E-state index in [0.29, 0.717) is 68.8 Å². The first-order valence-corrected chi connectivity index (χ1v) is 15.5. The van der Waals surface area contributed by atoms with Crippen LogP contribution in [0.2, 0.25) is 0 Å². The number of benzene rings is 1. The van der Waals surface area contributed by atoms with Gasteiger partial charge in [-0.1, -0.05) is 19.8 Å². The summed E-state index contributed by atoms with van der Waals surface area (Å²) in [4.78, 5) is 57.6. The van der Waals surface area contributed by atoms with Crippen LogP contribution in [0.25, 0.3) is 0 Å². The number of aromatic nitrogens is 2. The summed E-state index contributed by atoms with van der Waals surface area (Å²) >= 11 is 0. The molecular weight excluding hydrogens is 548 g/mol. The van der Waals surface area contributed by atoms with E-state index in [1.54, 1.807) is 32.2 Å². The summed E-state index contributed by atoms with van der Waals surface area (Å²) in [6, 6.07) is 3.97. The second-order valence-corrected chi connectivity index (χ2v) is 12.0. The minimum Gasteiger partial charge on any atom is -0.495 e. The fraction of sp³-hybridized carbons (Fsp3) is 0.581. The van der Waals surface area contributed by atoms with Crippen LogP contribution in [0.15, 0.2) is 18.3 Å². The molecule has 1 N–H and O–H groups in total. The highest BCUT2D eigenvalue weighted by atomic mass is 16.5. The van der Waals surface area contributed by atoms with Crippen molar-refractivity contribution in [3.63, 3.8) is 0 Å². The Hall–Kier alpha value is -3.93. The van der Waals surface area contributed by atoms with Crippen molar-refractivity contribution in [3.05, 3.63) is 23.9 Å². The van der Waals surface area contributed by atoms with Gasteiger partial charge in [-0.3, -0.25) is 19.3 Å². The molecule has 3 amide bonds. The Bertz CT molecular complexity index is 1400. The molecule has 1 atom stereocenters. The van der Waals surface area contributed by atoms with E-state index in [4.69, 9.17) is 9.72 Å². The van der Waals surface area contributed by atoms with E-state index in [1.807, 2.05) is 21.9 Å². The molecule has 4 heterocycles. The summed E-state index contributed by atoms with van der Waals surface area (Å²) in [5.41, 5.74) is 3.31. The van der Waals surface area contributed by atoms with E-state index in [-0.39, 0.29) is 29.8 Å². The first-order chi connectivity index (χ1) is 20.8. The number of anilines is 5. The van der Waals surface area contributed by atoms with Crippen molar-refractivity contribution in [2.75, 3.05) is 73.4 Å². The van der Waals surface area contributed by atoms with Gasteiger partial charge in [0.1, 0.15) is 17.5 Å². The predicted octanol–water partition coefficient (Wildman–Crippen LogP) is 2.79. The molecule has 0 radical (unpaired) electrons. The molecule has 12 nitrogen and oxygen atoms in total. The van der Waals surface area contributed by atoms with Gasteiger partial charge in [0.2, 0.25) is 23.7 Å². The van der Waals surface area contributed by atoms with E-state index in [0.717, 1.165) is 49.2 Å². The summed E-state index contributed by atoms with van der Waals surface area (Å²) in [5.74, 6) is 2.05. The molecule has 2 fully saturated rings. The Kier molecular flexibility index (Phi) is 8.13. The van der Waals surface area contributed by atoms with Crippen LogP contribution in [0.5, 0.6) is 5.75 Å². The second-order valence-electron chi connectivity index (χ2n) is 12.0. The average molecular weight is 591 g/mol. The van der Waals surface area contributed by atoms with E-state index in [2.05, 4.69) is 27.0 Å². The minimum atomic E-state index is -0.247. The van der Waals surface area contributed by atoms with E-state index < -0.39 is 0 Å². The van der Waals surface area contributed by atoms with Crippen LogP contribution in [-0.2, 0) is 20.8 Å². The molecule has 43 heavy (non-hydrogen) atoms. The lowest BCUT2D eigenvalue weighted by Crippen LogP contribution is -2.55. The van der Waals surface area contributed by atoms with Crippen LogP contribution >= 0.6 is 0 Å². The van der Waals surface area contributed by atoms with Crippen molar-refractivity contribution >= 4 is 46.5 Å². The Morgan fingerprint density at radius 3 is 2.49 bits per heavy atom. The smallest absolute Gasteiger partial charge is 0.249 e. The zero-order valence-corrected chi connectivity index (χ0v) is 25.6. The van der Waals surface area contributed by atoms with Gasteiger partial charge in [-0.05, 0) is 43.4 Å². The Morgan fingerprint density at radius 2 is 1.81 bits per heavy atom. The third-order valence-electron chi connectivity index (χ3n) is 9.43. The van der Waals surface area contributed by atoms with E-state index in [9.17, 15) is 14.4 Å². The zero-order valence-electron chi connectivity index (χ0n) is 25.6. The average Bonchev–Trinajstić information content (AvgIpc) is 3.69. The molecule has 1 saturated carbocycles. The molecule has 6 rings (SSSR count).